The number of carbonyl (C=O) groups is 1. The van der Waals surface area contributed by atoms with E-state index < -0.39 is 11.3 Å². The minimum atomic E-state index is -1.04. The van der Waals surface area contributed by atoms with Gasteiger partial charge in [-0.25, -0.2) is 0 Å². The third kappa shape index (κ3) is 3.47. The smallest absolute Gasteiger partial charge is 0.231 e. The van der Waals surface area contributed by atoms with Gasteiger partial charge in [-0.1, -0.05) is 72.9 Å². The van der Waals surface area contributed by atoms with E-state index in [1.807, 2.05) is 60.7 Å². The zero-order chi connectivity index (χ0) is 15.3. The number of rotatable bonds is 6. The van der Waals surface area contributed by atoms with Crippen LogP contribution in [0.3, 0.4) is 0 Å². The highest BCUT2D eigenvalue weighted by Crippen LogP contribution is 2.28. The van der Waals surface area contributed by atoms with Crippen molar-refractivity contribution in [1.29, 1.82) is 0 Å². The molecule has 2 rings (SSSR count). The van der Waals surface area contributed by atoms with E-state index in [1.54, 1.807) is 0 Å². The molecule has 1 amide bonds. The Morgan fingerprint density at radius 1 is 0.857 bits per heavy atom. The topological polar surface area (TPSA) is 69.1 Å². The molecule has 0 atom stereocenters. The highest BCUT2D eigenvalue weighted by atomic mass is 32.1. The first-order chi connectivity index (χ1) is 10.0. The van der Waals surface area contributed by atoms with Gasteiger partial charge in [0.25, 0.3) is 0 Å². The molecule has 0 aliphatic carbocycles. The first kappa shape index (κ1) is 15.2. The van der Waals surface area contributed by atoms with E-state index in [0.717, 1.165) is 11.1 Å². The van der Waals surface area contributed by atoms with Crippen LogP contribution in [0.1, 0.15) is 11.1 Å². The third-order valence-electron chi connectivity index (χ3n) is 3.64. The highest BCUT2D eigenvalue weighted by molar-refractivity contribution is 7.80. The minimum Gasteiger partial charge on any atom is -0.392 e. The molecule has 0 spiro atoms. The lowest BCUT2D eigenvalue weighted by molar-refractivity contribution is -0.124. The Morgan fingerprint density at radius 2 is 1.24 bits per heavy atom. The average molecular weight is 298 g/mol. The van der Waals surface area contributed by atoms with Crippen LogP contribution in [-0.2, 0) is 17.6 Å². The number of thiocarbonyl (C=S) groups is 1. The fourth-order valence-corrected chi connectivity index (χ4v) is 2.67. The first-order valence-corrected chi connectivity index (χ1v) is 7.13. The van der Waals surface area contributed by atoms with Crippen molar-refractivity contribution in [3.8, 4) is 0 Å². The van der Waals surface area contributed by atoms with Crippen LogP contribution < -0.4 is 11.5 Å². The molecule has 0 heterocycles. The van der Waals surface area contributed by atoms with Gasteiger partial charge in [-0.15, -0.1) is 0 Å². The largest absolute Gasteiger partial charge is 0.392 e. The lowest BCUT2D eigenvalue weighted by atomic mass is 9.75. The van der Waals surface area contributed by atoms with Crippen molar-refractivity contribution in [3.05, 3.63) is 71.8 Å². The van der Waals surface area contributed by atoms with Gasteiger partial charge in [0.05, 0.1) is 4.99 Å². The van der Waals surface area contributed by atoms with Crippen molar-refractivity contribution < 1.29 is 4.79 Å². The van der Waals surface area contributed by atoms with Crippen molar-refractivity contribution in [3.63, 3.8) is 0 Å². The first-order valence-electron chi connectivity index (χ1n) is 6.72. The summed E-state index contributed by atoms with van der Waals surface area (Å²) in [5.41, 5.74) is 12.5. The van der Waals surface area contributed by atoms with Gasteiger partial charge in [-0.2, -0.15) is 0 Å². The molecule has 0 aliphatic heterocycles. The van der Waals surface area contributed by atoms with Crippen molar-refractivity contribution in [2.75, 3.05) is 0 Å². The second kappa shape index (κ2) is 6.50. The zero-order valence-corrected chi connectivity index (χ0v) is 12.5. The summed E-state index contributed by atoms with van der Waals surface area (Å²) in [4.78, 5) is 12.3. The maximum absolute atomic E-state index is 12.1. The molecular weight excluding hydrogens is 280 g/mol. The van der Waals surface area contributed by atoms with E-state index in [9.17, 15) is 4.79 Å². The summed E-state index contributed by atoms with van der Waals surface area (Å²) in [6.45, 7) is 0. The molecule has 2 aromatic carbocycles. The maximum Gasteiger partial charge on any atom is 0.231 e. The molecule has 0 bridgehead atoms. The second-order valence-electron chi connectivity index (χ2n) is 5.14. The Bertz CT molecular complexity index is 568. The molecule has 0 saturated heterocycles. The molecule has 0 aliphatic rings. The molecule has 0 unspecified atom stereocenters. The van der Waals surface area contributed by atoms with Crippen LogP contribution >= 0.6 is 12.2 Å². The highest BCUT2D eigenvalue weighted by Gasteiger charge is 2.40. The molecule has 4 N–H and O–H groups in total. The summed E-state index contributed by atoms with van der Waals surface area (Å²) >= 11 is 5.18. The van der Waals surface area contributed by atoms with E-state index in [0.29, 0.717) is 12.8 Å². The van der Waals surface area contributed by atoms with Crippen molar-refractivity contribution in [2.24, 2.45) is 16.9 Å². The van der Waals surface area contributed by atoms with Crippen LogP contribution in [-0.4, -0.2) is 10.9 Å². The molecular formula is C17H18N2OS. The molecule has 0 fully saturated rings. The molecule has 0 aromatic heterocycles. The predicted molar refractivity (Wildman–Crippen MR) is 88.7 cm³/mol. The number of carbonyl (C=O) groups excluding carboxylic acids is 1. The molecule has 3 nitrogen and oxygen atoms in total. The van der Waals surface area contributed by atoms with Gasteiger partial charge >= 0.3 is 0 Å². The molecule has 0 radical (unpaired) electrons. The van der Waals surface area contributed by atoms with Crippen LogP contribution in [0.2, 0.25) is 0 Å². The Labute approximate surface area is 130 Å². The number of benzene rings is 2. The molecule has 2 aromatic rings. The van der Waals surface area contributed by atoms with Crippen LogP contribution in [0.5, 0.6) is 0 Å². The Hall–Kier alpha value is -2.20. The zero-order valence-electron chi connectivity index (χ0n) is 11.7. The summed E-state index contributed by atoms with van der Waals surface area (Å²) in [6, 6.07) is 19.3. The molecule has 4 heteroatoms. The van der Waals surface area contributed by atoms with Crippen LogP contribution in [0.15, 0.2) is 60.7 Å². The molecule has 0 saturated carbocycles. The minimum absolute atomic E-state index is 0.141. The summed E-state index contributed by atoms with van der Waals surface area (Å²) < 4.78 is 0. The predicted octanol–water partition coefficient (Wildman–Crippen LogP) is 2.23. The van der Waals surface area contributed by atoms with E-state index >= 15 is 0 Å². The van der Waals surface area contributed by atoms with Gasteiger partial charge in [0, 0.05) is 0 Å². The summed E-state index contributed by atoms with van der Waals surface area (Å²) in [5.74, 6) is -0.484. The number of nitrogens with two attached hydrogens (primary N) is 2. The van der Waals surface area contributed by atoms with Crippen LogP contribution in [0.25, 0.3) is 0 Å². The maximum atomic E-state index is 12.1. The Kier molecular flexibility index (Phi) is 4.70. The van der Waals surface area contributed by atoms with Crippen LogP contribution in [0.4, 0.5) is 0 Å². The summed E-state index contributed by atoms with van der Waals surface area (Å²) in [7, 11) is 0. The van der Waals surface area contributed by atoms with E-state index in [4.69, 9.17) is 23.7 Å². The monoisotopic (exact) mass is 298 g/mol. The van der Waals surface area contributed by atoms with Crippen molar-refractivity contribution in [2.45, 2.75) is 12.8 Å². The van der Waals surface area contributed by atoms with E-state index in [2.05, 4.69) is 0 Å². The third-order valence-corrected chi connectivity index (χ3v) is 4.03. The SMILES string of the molecule is NC(=O)C(Cc1ccccc1)(Cc1ccccc1)C(N)=S. The lowest BCUT2D eigenvalue weighted by Gasteiger charge is -2.30. The number of hydrogen-bond donors (Lipinski definition) is 2. The number of hydrogen-bond acceptors (Lipinski definition) is 2. The van der Waals surface area contributed by atoms with Gasteiger partial charge < -0.3 is 11.5 Å². The van der Waals surface area contributed by atoms with E-state index in [-0.39, 0.29) is 4.99 Å². The van der Waals surface area contributed by atoms with E-state index in [1.165, 1.54) is 0 Å². The van der Waals surface area contributed by atoms with Crippen molar-refractivity contribution >= 4 is 23.1 Å². The molecule has 108 valence electrons. The lowest BCUT2D eigenvalue weighted by Crippen LogP contribution is -2.50. The quantitative estimate of drug-likeness (QED) is 0.804. The van der Waals surface area contributed by atoms with Crippen molar-refractivity contribution in [1.82, 2.24) is 0 Å². The fourth-order valence-electron chi connectivity index (χ4n) is 2.42. The Balaban J connectivity index is 2.38. The average Bonchev–Trinajstić information content (AvgIpc) is 2.48. The van der Waals surface area contributed by atoms with Gasteiger partial charge in [0.1, 0.15) is 5.41 Å². The number of amides is 1. The standard InChI is InChI=1S/C17H18N2OS/c18-15(20)17(16(19)21,11-13-7-3-1-4-8-13)12-14-9-5-2-6-10-14/h1-10H,11-12H2,(H2,18,20)(H2,19,21). The molecule has 21 heavy (non-hydrogen) atoms. The normalized spacial score (nSPS) is 11.0. The second-order valence-corrected chi connectivity index (χ2v) is 5.58. The Morgan fingerprint density at radius 3 is 1.52 bits per heavy atom. The van der Waals surface area contributed by atoms with Gasteiger partial charge in [0.15, 0.2) is 0 Å². The van der Waals surface area contributed by atoms with Gasteiger partial charge in [0.2, 0.25) is 5.91 Å². The number of primary amides is 1. The summed E-state index contributed by atoms with van der Waals surface area (Å²) in [6.07, 6.45) is 0.820. The van der Waals surface area contributed by atoms with Gasteiger partial charge in [-0.3, -0.25) is 4.79 Å². The fraction of sp³-hybridized carbons (Fsp3) is 0.176. The summed E-state index contributed by atoms with van der Waals surface area (Å²) in [5, 5.41) is 0. The van der Waals surface area contributed by atoms with Crippen LogP contribution in [0, 0.1) is 5.41 Å². The van der Waals surface area contributed by atoms with Gasteiger partial charge in [-0.05, 0) is 24.0 Å².